The van der Waals surface area contributed by atoms with Crippen molar-refractivity contribution in [1.29, 1.82) is 0 Å². The molecule has 0 spiro atoms. The zero-order valence-electron chi connectivity index (χ0n) is 10.8. The van der Waals surface area contributed by atoms with Crippen molar-refractivity contribution in [2.45, 2.75) is 31.7 Å². The van der Waals surface area contributed by atoms with Gasteiger partial charge in [0.2, 0.25) is 0 Å². The average Bonchev–Trinajstić information content (AvgIpc) is 3.11. The molecular formula is C14H16N2O3. The van der Waals surface area contributed by atoms with Crippen LogP contribution >= 0.6 is 0 Å². The zero-order valence-corrected chi connectivity index (χ0v) is 10.8. The van der Waals surface area contributed by atoms with Crippen LogP contribution in [0.3, 0.4) is 0 Å². The Balaban J connectivity index is 2.23. The molecule has 1 aliphatic carbocycles. The Morgan fingerprint density at radius 3 is 2.74 bits per heavy atom. The van der Waals surface area contributed by atoms with E-state index in [0.29, 0.717) is 5.52 Å². The second kappa shape index (κ2) is 4.06. The van der Waals surface area contributed by atoms with Gasteiger partial charge in [-0.05, 0) is 31.0 Å². The number of carbonyl (C=O) groups is 1. The lowest BCUT2D eigenvalue weighted by molar-refractivity contribution is 0.0697. The Bertz CT molecular complexity index is 656. The second-order valence-corrected chi connectivity index (χ2v) is 5.11. The van der Waals surface area contributed by atoms with Gasteiger partial charge >= 0.3 is 5.97 Å². The van der Waals surface area contributed by atoms with Crippen molar-refractivity contribution in [2.75, 3.05) is 6.61 Å². The van der Waals surface area contributed by atoms with E-state index in [4.69, 9.17) is 5.11 Å². The molecule has 0 atom stereocenters. The number of aliphatic hydroxyl groups excluding tert-OH is 1. The molecule has 5 nitrogen and oxygen atoms in total. The molecule has 1 fully saturated rings. The van der Waals surface area contributed by atoms with E-state index in [1.807, 2.05) is 6.92 Å². The van der Waals surface area contributed by atoms with Gasteiger partial charge in [0.25, 0.3) is 0 Å². The Hall–Kier alpha value is -1.88. The number of aryl methyl sites for hydroxylation is 1. The summed E-state index contributed by atoms with van der Waals surface area (Å²) in [5, 5.41) is 18.6. The lowest BCUT2D eigenvalue weighted by Gasteiger charge is -2.18. The van der Waals surface area contributed by atoms with Crippen molar-refractivity contribution < 1.29 is 15.0 Å². The summed E-state index contributed by atoms with van der Waals surface area (Å²) in [5.41, 5.74) is 1.63. The predicted molar refractivity (Wildman–Crippen MR) is 70.4 cm³/mol. The average molecular weight is 260 g/mol. The van der Waals surface area contributed by atoms with Crippen LogP contribution in [-0.2, 0) is 12.0 Å². The maximum atomic E-state index is 11.0. The molecule has 2 N–H and O–H groups in total. The van der Waals surface area contributed by atoms with Gasteiger partial charge in [0.1, 0.15) is 5.82 Å². The first-order chi connectivity index (χ1) is 9.11. The number of benzene rings is 1. The van der Waals surface area contributed by atoms with Crippen LogP contribution in [0.2, 0.25) is 0 Å². The normalized spacial score (nSPS) is 16.7. The van der Waals surface area contributed by atoms with Gasteiger partial charge in [0, 0.05) is 6.42 Å². The van der Waals surface area contributed by atoms with Crippen LogP contribution in [0.5, 0.6) is 0 Å². The number of carboxylic acid groups (broad SMARTS) is 1. The molecule has 1 saturated carbocycles. The van der Waals surface area contributed by atoms with Crippen LogP contribution < -0.4 is 0 Å². The molecule has 3 rings (SSSR count). The summed E-state index contributed by atoms with van der Waals surface area (Å²) >= 11 is 0. The Morgan fingerprint density at radius 2 is 2.21 bits per heavy atom. The lowest BCUT2D eigenvalue weighted by Crippen LogP contribution is -2.23. The van der Waals surface area contributed by atoms with Crippen molar-refractivity contribution in [3.05, 3.63) is 29.6 Å². The Morgan fingerprint density at radius 1 is 1.47 bits per heavy atom. The summed E-state index contributed by atoms with van der Waals surface area (Å²) in [6.07, 6.45) is 2.66. The van der Waals surface area contributed by atoms with Gasteiger partial charge in [-0.3, -0.25) is 0 Å². The van der Waals surface area contributed by atoms with E-state index in [0.717, 1.165) is 30.6 Å². The number of nitrogens with zero attached hydrogens (tertiary/aromatic N) is 2. The molecule has 0 saturated heterocycles. The van der Waals surface area contributed by atoms with Gasteiger partial charge in [-0.2, -0.15) is 0 Å². The van der Waals surface area contributed by atoms with Crippen molar-refractivity contribution in [2.24, 2.45) is 0 Å². The Kier molecular flexibility index (Phi) is 2.60. The summed E-state index contributed by atoms with van der Waals surface area (Å²) in [6.45, 7) is 2.12. The third kappa shape index (κ3) is 1.73. The van der Waals surface area contributed by atoms with Crippen molar-refractivity contribution in [3.63, 3.8) is 0 Å². The van der Waals surface area contributed by atoms with Crippen molar-refractivity contribution in [1.82, 2.24) is 9.55 Å². The minimum absolute atomic E-state index is 0.103. The van der Waals surface area contributed by atoms with Crippen molar-refractivity contribution >= 4 is 17.0 Å². The number of imidazole rings is 1. The van der Waals surface area contributed by atoms with Crippen LogP contribution in [0.25, 0.3) is 11.0 Å². The zero-order chi connectivity index (χ0) is 13.6. The first-order valence-corrected chi connectivity index (χ1v) is 6.47. The molecule has 0 unspecified atom stereocenters. The highest BCUT2D eigenvalue weighted by Crippen LogP contribution is 2.45. The Labute approximate surface area is 110 Å². The molecule has 0 aliphatic heterocycles. The van der Waals surface area contributed by atoms with E-state index in [2.05, 4.69) is 9.55 Å². The number of carboxylic acids is 1. The summed E-state index contributed by atoms with van der Waals surface area (Å²) in [5.74, 6) is -0.0399. The molecular weight excluding hydrogens is 244 g/mol. The lowest BCUT2D eigenvalue weighted by atomic mass is 10.2. The SMILES string of the molecule is CCc1nc2cc(C(=O)O)ccc2n1C1(CO)CC1. The fourth-order valence-corrected chi connectivity index (χ4v) is 2.63. The van der Waals surface area contributed by atoms with Gasteiger partial charge < -0.3 is 14.8 Å². The van der Waals surface area contributed by atoms with Crippen LogP contribution in [-0.4, -0.2) is 32.3 Å². The second-order valence-electron chi connectivity index (χ2n) is 5.11. The summed E-state index contributed by atoms with van der Waals surface area (Å²) < 4.78 is 2.09. The highest BCUT2D eigenvalue weighted by molar-refractivity contribution is 5.92. The van der Waals surface area contributed by atoms with E-state index in [9.17, 15) is 9.90 Å². The third-order valence-corrected chi connectivity index (χ3v) is 3.88. The summed E-state index contributed by atoms with van der Waals surface area (Å²) in [4.78, 5) is 15.5. The first-order valence-electron chi connectivity index (χ1n) is 6.47. The number of hydrogen-bond acceptors (Lipinski definition) is 3. The number of hydrogen-bond donors (Lipinski definition) is 2. The molecule has 0 bridgehead atoms. The number of aromatic carboxylic acids is 1. The van der Waals surface area contributed by atoms with Gasteiger partial charge in [-0.1, -0.05) is 6.92 Å². The van der Waals surface area contributed by atoms with Crippen LogP contribution in [0, 0.1) is 0 Å². The number of rotatable bonds is 4. The highest BCUT2D eigenvalue weighted by atomic mass is 16.4. The molecule has 5 heteroatoms. The number of aliphatic hydroxyl groups is 1. The number of fused-ring (bicyclic) bond motifs is 1. The molecule has 100 valence electrons. The largest absolute Gasteiger partial charge is 0.478 e. The molecule has 2 aromatic rings. The minimum atomic E-state index is -0.946. The fourth-order valence-electron chi connectivity index (χ4n) is 2.63. The van der Waals surface area contributed by atoms with E-state index < -0.39 is 5.97 Å². The maximum Gasteiger partial charge on any atom is 0.335 e. The van der Waals surface area contributed by atoms with Gasteiger partial charge in [0.15, 0.2) is 0 Å². The summed E-state index contributed by atoms with van der Waals surface area (Å²) in [7, 11) is 0. The van der Waals surface area contributed by atoms with E-state index >= 15 is 0 Å². The molecule has 0 amide bonds. The monoisotopic (exact) mass is 260 g/mol. The van der Waals surface area contributed by atoms with Gasteiger partial charge in [-0.25, -0.2) is 9.78 Å². The smallest absolute Gasteiger partial charge is 0.335 e. The minimum Gasteiger partial charge on any atom is -0.478 e. The standard InChI is InChI=1S/C14H16N2O3/c1-2-12-15-10-7-9(13(18)19)3-4-11(10)16(12)14(8-17)5-6-14/h3-4,7,17H,2,5-6,8H2,1H3,(H,18,19). The fraction of sp³-hybridized carbons (Fsp3) is 0.429. The van der Waals surface area contributed by atoms with Crippen molar-refractivity contribution in [3.8, 4) is 0 Å². The van der Waals surface area contributed by atoms with Crippen LogP contribution in [0.15, 0.2) is 18.2 Å². The molecule has 19 heavy (non-hydrogen) atoms. The maximum absolute atomic E-state index is 11.0. The first kappa shape index (κ1) is 12.2. The van der Waals surface area contributed by atoms with E-state index in [-0.39, 0.29) is 17.7 Å². The molecule has 1 aromatic heterocycles. The van der Waals surface area contributed by atoms with Gasteiger partial charge in [-0.15, -0.1) is 0 Å². The molecule has 1 heterocycles. The molecule has 1 aliphatic rings. The number of aromatic nitrogens is 2. The highest BCUT2D eigenvalue weighted by Gasteiger charge is 2.46. The molecule has 0 radical (unpaired) electrons. The molecule has 1 aromatic carbocycles. The predicted octanol–water partition coefficient (Wildman–Crippen LogP) is 1.78. The van der Waals surface area contributed by atoms with Crippen LogP contribution in [0.4, 0.5) is 0 Å². The van der Waals surface area contributed by atoms with Crippen LogP contribution in [0.1, 0.15) is 35.9 Å². The van der Waals surface area contributed by atoms with Gasteiger partial charge in [0.05, 0.1) is 28.7 Å². The summed E-state index contributed by atoms with van der Waals surface area (Å²) in [6, 6.07) is 4.98. The third-order valence-electron chi connectivity index (χ3n) is 3.88. The quantitative estimate of drug-likeness (QED) is 0.878. The topological polar surface area (TPSA) is 75.3 Å². The van der Waals surface area contributed by atoms with E-state index in [1.165, 1.54) is 0 Å². The van der Waals surface area contributed by atoms with E-state index in [1.54, 1.807) is 18.2 Å².